The number of hydrogen-bond acceptors (Lipinski definition) is 5. The Bertz CT molecular complexity index is 381. The van der Waals surface area contributed by atoms with Crippen LogP contribution in [0.2, 0.25) is 0 Å². The normalized spacial score (nSPS) is 10.7. The molecule has 0 saturated carbocycles. The lowest BCUT2D eigenvalue weighted by Gasteiger charge is -2.09. The highest BCUT2D eigenvalue weighted by Gasteiger charge is 2.06. The Labute approximate surface area is 119 Å². The molecule has 7 heteroatoms. The highest BCUT2D eigenvalue weighted by molar-refractivity contribution is 5.75. The predicted molar refractivity (Wildman–Crippen MR) is 75.3 cm³/mol. The van der Waals surface area contributed by atoms with Crippen LogP contribution in [0.1, 0.15) is 12.2 Å². The molecule has 0 aliphatic rings. The van der Waals surface area contributed by atoms with Crippen molar-refractivity contribution in [3.63, 3.8) is 0 Å². The van der Waals surface area contributed by atoms with Crippen molar-refractivity contribution in [3.8, 4) is 0 Å². The van der Waals surface area contributed by atoms with Crippen LogP contribution in [0.25, 0.3) is 0 Å². The summed E-state index contributed by atoms with van der Waals surface area (Å²) >= 11 is 0. The summed E-state index contributed by atoms with van der Waals surface area (Å²) in [6.07, 6.45) is 4.32. The van der Waals surface area contributed by atoms with Crippen LogP contribution in [-0.2, 0) is 27.4 Å². The van der Waals surface area contributed by atoms with Crippen LogP contribution in [0.15, 0.2) is 12.4 Å². The van der Waals surface area contributed by atoms with Gasteiger partial charge in [-0.2, -0.15) is 0 Å². The lowest BCUT2D eigenvalue weighted by atomic mass is 10.4. The average molecular weight is 284 g/mol. The maximum absolute atomic E-state index is 11.8. The molecule has 1 amide bonds. The first-order valence-electron chi connectivity index (χ1n) is 6.73. The monoisotopic (exact) mass is 284 g/mol. The molecule has 0 spiro atoms. The molecule has 0 radical (unpaired) electrons. The Hall–Kier alpha value is -1.44. The summed E-state index contributed by atoms with van der Waals surface area (Å²) < 4.78 is 11.7. The van der Waals surface area contributed by atoms with Crippen molar-refractivity contribution in [2.75, 3.05) is 40.5 Å². The molecule has 0 aromatic carbocycles. The Morgan fingerprint density at radius 2 is 2.10 bits per heavy atom. The van der Waals surface area contributed by atoms with Gasteiger partial charge in [-0.1, -0.05) is 0 Å². The molecule has 0 aliphatic heterocycles. The van der Waals surface area contributed by atoms with E-state index >= 15 is 0 Å². The first kappa shape index (κ1) is 16.6. The van der Waals surface area contributed by atoms with Crippen LogP contribution in [0, 0.1) is 0 Å². The Kier molecular flexibility index (Phi) is 8.61. The lowest BCUT2D eigenvalue weighted by Crippen LogP contribution is -2.30. The Balaban J connectivity index is 2.28. The van der Waals surface area contributed by atoms with Crippen LogP contribution in [0.3, 0.4) is 0 Å². The van der Waals surface area contributed by atoms with Crippen molar-refractivity contribution >= 4 is 5.91 Å². The topological polar surface area (TPSA) is 77.4 Å². The third kappa shape index (κ3) is 6.65. The molecule has 0 aliphatic carbocycles. The van der Waals surface area contributed by atoms with Crippen LogP contribution >= 0.6 is 0 Å². The van der Waals surface area contributed by atoms with Crippen molar-refractivity contribution in [1.29, 1.82) is 0 Å². The molecule has 1 aromatic heterocycles. The van der Waals surface area contributed by atoms with Crippen molar-refractivity contribution in [1.82, 2.24) is 20.2 Å². The lowest BCUT2D eigenvalue weighted by molar-refractivity contribution is -0.121. The molecule has 0 unspecified atom stereocenters. The van der Waals surface area contributed by atoms with E-state index in [0.29, 0.717) is 26.3 Å². The maximum atomic E-state index is 11.8. The largest absolute Gasteiger partial charge is 0.385 e. The van der Waals surface area contributed by atoms with E-state index in [2.05, 4.69) is 15.6 Å². The quantitative estimate of drug-likeness (QED) is 0.549. The number of amides is 1. The van der Waals surface area contributed by atoms with Gasteiger partial charge in [0.15, 0.2) is 0 Å². The number of carbonyl (C=O) groups is 1. The number of rotatable bonds is 11. The van der Waals surface area contributed by atoms with Crippen LogP contribution in [0.5, 0.6) is 0 Å². The standard InChI is InChI=1S/C13H24N4O3/c1-19-8-3-4-16-13(18)11-17-7-5-15-12(17)10-14-6-9-20-2/h5,7,14H,3-4,6,8-11H2,1-2H3,(H,16,18). The summed E-state index contributed by atoms with van der Waals surface area (Å²) in [6.45, 7) is 3.59. The van der Waals surface area contributed by atoms with Crippen molar-refractivity contribution in [3.05, 3.63) is 18.2 Å². The molecule has 20 heavy (non-hydrogen) atoms. The van der Waals surface area contributed by atoms with Crippen molar-refractivity contribution < 1.29 is 14.3 Å². The minimum Gasteiger partial charge on any atom is -0.385 e. The van der Waals surface area contributed by atoms with E-state index in [4.69, 9.17) is 9.47 Å². The minimum atomic E-state index is -0.0164. The van der Waals surface area contributed by atoms with Crippen molar-refractivity contribution in [2.45, 2.75) is 19.5 Å². The number of aromatic nitrogens is 2. The second-order valence-electron chi connectivity index (χ2n) is 4.34. The number of hydrogen-bond donors (Lipinski definition) is 2. The van der Waals surface area contributed by atoms with E-state index in [0.717, 1.165) is 18.8 Å². The highest BCUT2D eigenvalue weighted by Crippen LogP contribution is 1.97. The average Bonchev–Trinajstić information content (AvgIpc) is 2.87. The van der Waals surface area contributed by atoms with Gasteiger partial charge < -0.3 is 24.7 Å². The maximum Gasteiger partial charge on any atom is 0.239 e. The van der Waals surface area contributed by atoms with Gasteiger partial charge in [0.25, 0.3) is 0 Å². The third-order valence-corrected chi connectivity index (χ3v) is 2.73. The number of carbonyl (C=O) groups excluding carboxylic acids is 1. The molecular weight excluding hydrogens is 260 g/mol. The van der Waals surface area contributed by atoms with Gasteiger partial charge in [-0.15, -0.1) is 0 Å². The van der Waals surface area contributed by atoms with E-state index in [9.17, 15) is 4.79 Å². The molecule has 0 bridgehead atoms. The number of ether oxygens (including phenoxy) is 2. The smallest absolute Gasteiger partial charge is 0.239 e. The third-order valence-electron chi connectivity index (χ3n) is 2.73. The van der Waals surface area contributed by atoms with Crippen LogP contribution in [-0.4, -0.2) is 56.0 Å². The van der Waals surface area contributed by atoms with Gasteiger partial charge in [0.05, 0.1) is 13.2 Å². The van der Waals surface area contributed by atoms with E-state index in [-0.39, 0.29) is 12.5 Å². The van der Waals surface area contributed by atoms with E-state index in [1.165, 1.54) is 0 Å². The second kappa shape index (κ2) is 10.4. The molecule has 7 nitrogen and oxygen atoms in total. The van der Waals surface area contributed by atoms with Gasteiger partial charge in [-0.3, -0.25) is 4.79 Å². The fourth-order valence-corrected chi connectivity index (χ4v) is 1.68. The van der Waals surface area contributed by atoms with Gasteiger partial charge in [-0.05, 0) is 6.42 Å². The van der Waals surface area contributed by atoms with Gasteiger partial charge in [0.2, 0.25) is 5.91 Å². The SMILES string of the molecule is COCCCNC(=O)Cn1ccnc1CNCCOC. The zero-order valence-corrected chi connectivity index (χ0v) is 12.2. The highest BCUT2D eigenvalue weighted by atomic mass is 16.5. The molecular formula is C13H24N4O3. The summed E-state index contributed by atoms with van der Waals surface area (Å²) in [5, 5.41) is 6.06. The van der Waals surface area contributed by atoms with Crippen LogP contribution in [0.4, 0.5) is 0 Å². The van der Waals surface area contributed by atoms with E-state index in [1.54, 1.807) is 20.4 Å². The second-order valence-corrected chi connectivity index (χ2v) is 4.34. The molecule has 0 atom stereocenters. The molecule has 1 rings (SSSR count). The Morgan fingerprint density at radius 1 is 1.30 bits per heavy atom. The van der Waals surface area contributed by atoms with Gasteiger partial charge in [-0.25, -0.2) is 4.98 Å². The number of nitrogens with one attached hydrogen (secondary N) is 2. The number of methoxy groups -OCH3 is 2. The van der Waals surface area contributed by atoms with Gasteiger partial charge in [0, 0.05) is 46.3 Å². The summed E-state index contributed by atoms with van der Waals surface area (Å²) in [5.74, 6) is 0.824. The summed E-state index contributed by atoms with van der Waals surface area (Å²) in [6, 6.07) is 0. The predicted octanol–water partition coefficient (Wildman–Crippen LogP) is -0.228. The van der Waals surface area contributed by atoms with Gasteiger partial charge in [0.1, 0.15) is 12.4 Å². The fraction of sp³-hybridized carbons (Fsp3) is 0.692. The van der Waals surface area contributed by atoms with E-state index < -0.39 is 0 Å². The van der Waals surface area contributed by atoms with E-state index in [1.807, 2.05) is 10.8 Å². The minimum absolute atomic E-state index is 0.0164. The fourth-order valence-electron chi connectivity index (χ4n) is 1.68. The zero-order chi connectivity index (χ0) is 14.6. The molecule has 0 saturated heterocycles. The van der Waals surface area contributed by atoms with Crippen molar-refractivity contribution in [2.24, 2.45) is 0 Å². The molecule has 1 heterocycles. The Morgan fingerprint density at radius 3 is 2.85 bits per heavy atom. The first-order valence-corrected chi connectivity index (χ1v) is 6.73. The van der Waals surface area contributed by atoms with Crippen LogP contribution < -0.4 is 10.6 Å². The molecule has 0 fully saturated rings. The zero-order valence-electron chi connectivity index (χ0n) is 12.2. The summed E-state index contributed by atoms with van der Waals surface area (Å²) in [5.41, 5.74) is 0. The molecule has 114 valence electrons. The van der Waals surface area contributed by atoms with Gasteiger partial charge >= 0.3 is 0 Å². The first-order chi connectivity index (χ1) is 9.77. The molecule has 1 aromatic rings. The number of imidazole rings is 1. The number of nitrogens with zero attached hydrogens (tertiary/aromatic N) is 2. The summed E-state index contributed by atoms with van der Waals surface area (Å²) in [4.78, 5) is 16.0. The molecule has 2 N–H and O–H groups in total. The summed E-state index contributed by atoms with van der Waals surface area (Å²) in [7, 11) is 3.31.